The van der Waals surface area contributed by atoms with Crippen molar-refractivity contribution in [2.45, 2.75) is 0 Å². The molecular formula is C24H22N6O2. The van der Waals surface area contributed by atoms with Gasteiger partial charge in [0.25, 0.3) is 0 Å². The molecule has 3 N–H and O–H groups in total. The molecule has 8 heteroatoms. The lowest BCUT2D eigenvalue weighted by Gasteiger charge is -2.28. The summed E-state index contributed by atoms with van der Waals surface area (Å²) >= 11 is 0. The number of pyridine rings is 1. The summed E-state index contributed by atoms with van der Waals surface area (Å²) in [6, 6.07) is 11.2. The van der Waals surface area contributed by atoms with Crippen LogP contribution in [0.5, 0.6) is 0 Å². The molecule has 1 aliphatic rings. The summed E-state index contributed by atoms with van der Waals surface area (Å²) in [7, 11) is 0. The van der Waals surface area contributed by atoms with E-state index in [2.05, 4.69) is 38.6 Å². The van der Waals surface area contributed by atoms with Crippen LogP contribution in [-0.4, -0.2) is 47.2 Å². The van der Waals surface area contributed by atoms with Gasteiger partial charge in [0.2, 0.25) is 11.9 Å². The Labute approximate surface area is 186 Å². The molecule has 3 heterocycles. The van der Waals surface area contributed by atoms with Crippen molar-refractivity contribution in [3.63, 3.8) is 0 Å². The third-order valence-corrected chi connectivity index (χ3v) is 4.80. The number of hydrogen-bond acceptors (Lipinski definition) is 7. The molecule has 1 fully saturated rings. The Morgan fingerprint density at radius 2 is 1.78 bits per heavy atom. The van der Waals surface area contributed by atoms with Crippen molar-refractivity contribution in [3.8, 4) is 23.1 Å². The lowest BCUT2D eigenvalue weighted by molar-refractivity contribution is -0.111. The summed E-state index contributed by atoms with van der Waals surface area (Å²) in [5.41, 5.74) is 9.43. The third kappa shape index (κ3) is 5.28. The van der Waals surface area contributed by atoms with E-state index in [0.29, 0.717) is 18.9 Å². The van der Waals surface area contributed by atoms with Crippen molar-refractivity contribution in [1.82, 2.24) is 15.0 Å². The van der Waals surface area contributed by atoms with Gasteiger partial charge in [0.05, 0.1) is 18.9 Å². The maximum Gasteiger partial charge on any atom is 0.247 e. The van der Waals surface area contributed by atoms with E-state index in [9.17, 15) is 4.79 Å². The maximum absolute atomic E-state index is 11.4. The lowest BCUT2D eigenvalue weighted by atomic mass is 10.1. The minimum absolute atomic E-state index is 0.214. The first-order valence-corrected chi connectivity index (χ1v) is 10.1. The van der Waals surface area contributed by atoms with Crippen molar-refractivity contribution in [2.24, 2.45) is 0 Å². The minimum atomic E-state index is -0.254. The number of nitrogens with one attached hydrogen (secondary N) is 1. The second-order valence-corrected chi connectivity index (χ2v) is 7.05. The first kappa shape index (κ1) is 21.0. The van der Waals surface area contributed by atoms with E-state index < -0.39 is 0 Å². The van der Waals surface area contributed by atoms with Crippen LogP contribution in [0.1, 0.15) is 11.1 Å². The van der Waals surface area contributed by atoms with Gasteiger partial charge in [-0.1, -0.05) is 18.4 Å². The molecule has 32 heavy (non-hydrogen) atoms. The van der Waals surface area contributed by atoms with Crippen molar-refractivity contribution in [3.05, 3.63) is 72.6 Å². The third-order valence-electron chi connectivity index (χ3n) is 4.80. The van der Waals surface area contributed by atoms with E-state index in [0.717, 1.165) is 41.3 Å². The summed E-state index contributed by atoms with van der Waals surface area (Å²) in [6.45, 7) is 6.29. The highest BCUT2D eigenvalue weighted by Crippen LogP contribution is 2.23. The van der Waals surface area contributed by atoms with Crippen LogP contribution in [0.2, 0.25) is 0 Å². The molecule has 0 radical (unpaired) electrons. The zero-order chi connectivity index (χ0) is 22.3. The second kappa shape index (κ2) is 9.73. The van der Waals surface area contributed by atoms with Gasteiger partial charge in [0, 0.05) is 47.9 Å². The van der Waals surface area contributed by atoms with Crippen molar-refractivity contribution >= 4 is 23.4 Å². The first-order valence-electron chi connectivity index (χ1n) is 10.1. The Kier molecular flexibility index (Phi) is 6.39. The molecule has 4 rings (SSSR count). The molecule has 1 aliphatic heterocycles. The molecule has 0 unspecified atom stereocenters. The van der Waals surface area contributed by atoms with E-state index in [4.69, 9.17) is 15.5 Å². The first-order chi connectivity index (χ1) is 15.6. The van der Waals surface area contributed by atoms with Gasteiger partial charge in [-0.2, -0.15) is 0 Å². The van der Waals surface area contributed by atoms with Crippen LogP contribution in [0.4, 0.5) is 17.5 Å². The monoisotopic (exact) mass is 426 g/mol. The predicted molar refractivity (Wildman–Crippen MR) is 124 cm³/mol. The summed E-state index contributed by atoms with van der Waals surface area (Å²) in [5.74, 6) is 7.17. The van der Waals surface area contributed by atoms with E-state index in [1.807, 2.05) is 24.3 Å². The fourth-order valence-electron chi connectivity index (χ4n) is 3.14. The predicted octanol–water partition coefficient (Wildman–Crippen LogP) is 2.48. The van der Waals surface area contributed by atoms with Gasteiger partial charge in [-0.25, -0.2) is 15.0 Å². The Hall–Kier alpha value is -4.22. The van der Waals surface area contributed by atoms with Gasteiger partial charge >= 0.3 is 0 Å². The highest BCUT2D eigenvalue weighted by atomic mass is 16.5. The Bertz CT molecular complexity index is 1170. The maximum atomic E-state index is 11.4. The fourth-order valence-corrected chi connectivity index (χ4v) is 3.14. The molecular weight excluding hydrogens is 404 g/mol. The largest absolute Gasteiger partial charge is 0.378 e. The molecule has 0 atom stereocenters. The van der Waals surface area contributed by atoms with Crippen LogP contribution in [0.25, 0.3) is 11.3 Å². The Morgan fingerprint density at radius 1 is 1.09 bits per heavy atom. The highest BCUT2D eigenvalue weighted by molar-refractivity contribution is 5.98. The van der Waals surface area contributed by atoms with Crippen LogP contribution in [0, 0.1) is 11.8 Å². The number of rotatable bonds is 4. The molecule has 0 saturated carbocycles. The summed E-state index contributed by atoms with van der Waals surface area (Å²) in [4.78, 5) is 26.5. The molecule has 2 aromatic heterocycles. The number of amides is 1. The topological polar surface area (TPSA) is 106 Å². The molecule has 3 aromatic rings. The molecule has 0 bridgehead atoms. The highest BCUT2D eigenvalue weighted by Gasteiger charge is 2.15. The molecule has 1 saturated heterocycles. The Morgan fingerprint density at radius 3 is 2.47 bits per heavy atom. The van der Waals surface area contributed by atoms with Crippen LogP contribution in [0.15, 0.2) is 61.4 Å². The number of anilines is 3. The average molecular weight is 426 g/mol. The number of morpholine rings is 1. The molecule has 0 spiro atoms. The zero-order valence-electron chi connectivity index (χ0n) is 17.4. The number of benzene rings is 1. The number of nitrogens with two attached hydrogens (primary N) is 1. The Balaban J connectivity index is 1.64. The van der Waals surface area contributed by atoms with E-state index >= 15 is 0 Å². The zero-order valence-corrected chi connectivity index (χ0v) is 17.4. The van der Waals surface area contributed by atoms with Crippen LogP contribution in [0.3, 0.4) is 0 Å². The molecule has 160 valence electrons. The van der Waals surface area contributed by atoms with Crippen LogP contribution in [-0.2, 0) is 9.53 Å². The van der Waals surface area contributed by atoms with Crippen molar-refractivity contribution < 1.29 is 9.53 Å². The quantitative estimate of drug-likeness (QED) is 0.488. The average Bonchev–Trinajstić information content (AvgIpc) is 2.84. The number of carbonyl (C=O) groups is 1. The van der Waals surface area contributed by atoms with Crippen LogP contribution >= 0.6 is 0 Å². The number of hydrogen-bond donors (Lipinski definition) is 2. The SMILES string of the molecule is C=CC(=O)Nc1ccc(C#Cc2cc(-c3cnc(N)nc3)nc(N3CCOCC3)c2)cc1. The number of carbonyl (C=O) groups excluding carboxylic acids is 1. The van der Waals surface area contributed by atoms with Gasteiger partial charge in [0.15, 0.2) is 0 Å². The van der Waals surface area contributed by atoms with Crippen molar-refractivity contribution in [2.75, 3.05) is 42.3 Å². The van der Waals surface area contributed by atoms with E-state index in [1.54, 1.807) is 24.5 Å². The lowest BCUT2D eigenvalue weighted by Crippen LogP contribution is -2.36. The summed E-state index contributed by atoms with van der Waals surface area (Å²) < 4.78 is 5.46. The minimum Gasteiger partial charge on any atom is -0.378 e. The van der Waals surface area contributed by atoms with Gasteiger partial charge in [-0.3, -0.25) is 4.79 Å². The number of nitrogens with zero attached hydrogens (tertiary/aromatic N) is 4. The normalized spacial score (nSPS) is 13.1. The molecule has 1 aromatic carbocycles. The van der Waals surface area contributed by atoms with Gasteiger partial charge in [-0.15, -0.1) is 0 Å². The fraction of sp³-hybridized carbons (Fsp3) is 0.167. The standard InChI is InChI=1S/C24H22N6O2/c1-2-23(31)28-20-7-5-17(6-8-20)3-4-18-13-21(19-15-26-24(25)27-16-19)29-22(14-18)30-9-11-32-12-10-30/h2,5-8,13-16H,1,9-12H2,(H,28,31)(H2,25,26,27). The molecule has 1 amide bonds. The van der Waals surface area contributed by atoms with Gasteiger partial charge in [0.1, 0.15) is 5.82 Å². The summed E-state index contributed by atoms with van der Waals surface area (Å²) in [5, 5.41) is 2.72. The number of ether oxygens (including phenoxy) is 1. The van der Waals surface area contributed by atoms with Gasteiger partial charge < -0.3 is 20.7 Å². The number of nitrogen functional groups attached to an aromatic ring is 1. The summed E-state index contributed by atoms with van der Waals surface area (Å²) in [6.07, 6.45) is 4.54. The van der Waals surface area contributed by atoms with E-state index in [1.165, 1.54) is 6.08 Å². The smallest absolute Gasteiger partial charge is 0.247 e. The van der Waals surface area contributed by atoms with Crippen LogP contribution < -0.4 is 16.0 Å². The number of aromatic nitrogens is 3. The second-order valence-electron chi connectivity index (χ2n) is 7.05. The van der Waals surface area contributed by atoms with Crippen molar-refractivity contribution in [1.29, 1.82) is 0 Å². The molecule has 8 nitrogen and oxygen atoms in total. The molecule has 0 aliphatic carbocycles. The van der Waals surface area contributed by atoms with Gasteiger partial charge in [-0.05, 0) is 42.5 Å². The van der Waals surface area contributed by atoms with E-state index in [-0.39, 0.29) is 11.9 Å².